The molecule has 0 bridgehead atoms. The third-order valence-electron chi connectivity index (χ3n) is 3.06. The van der Waals surface area contributed by atoms with E-state index in [1.807, 2.05) is 25.1 Å². The summed E-state index contributed by atoms with van der Waals surface area (Å²) in [5, 5.41) is 10.0. The number of aliphatic hydroxyl groups is 1. The van der Waals surface area contributed by atoms with Gasteiger partial charge in [0, 0.05) is 5.69 Å². The zero-order valence-corrected chi connectivity index (χ0v) is 8.53. The highest BCUT2D eigenvalue weighted by molar-refractivity contribution is 5.45. The van der Waals surface area contributed by atoms with Gasteiger partial charge in [-0.25, -0.2) is 0 Å². The van der Waals surface area contributed by atoms with E-state index in [0.717, 1.165) is 29.7 Å². The maximum absolute atomic E-state index is 10.0. The highest BCUT2D eigenvalue weighted by Gasteiger charge is 2.26. The Morgan fingerprint density at radius 1 is 1.36 bits per heavy atom. The molecule has 0 heterocycles. The summed E-state index contributed by atoms with van der Waals surface area (Å²) in [6.07, 6.45) is 3.23. The van der Waals surface area contributed by atoms with Crippen molar-refractivity contribution in [1.29, 1.82) is 0 Å². The van der Waals surface area contributed by atoms with E-state index < -0.39 is 0 Å². The molecule has 1 aromatic rings. The van der Waals surface area contributed by atoms with Gasteiger partial charge in [-0.1, -0.05) is 12.5 Å². The summed E-state index contributed by atoms with van der Waals surface area (Å²) in [7, 11) is 0. The van der Waals surface area contributed by atoms with Crippen molar-refractivity contribution < 1.29 is 5.11 Å². The normalized spacial score (nSPS) is 19.0. The molecule has 0 spiro atoms. The average molecular weight is 191 g/mol. The van der Waals surface area contributed by atoms with Crippen LogP contribution < -0.4 is 5.73 Å². The summed E-state index contributed by atoms with van der Waals surface area (Å²) in [5.41, 5.74) is 8.60. The molecule has 1 atom stereocenters. The molecule has 14 heavy (non-hydrogen) atoms. The molecule has 2 heteroatoms. The molecular weight excluding hydrogens is 174 g/mol. The minimum absolute atomic E-state index is 0.314. The summed E-state index contributed by atoms with van der Waals surface area (Å²) in [6.45, 7) is 2.01. The van der Waals surface area contributed by atoms with Gasteiger partial charge in [0.25, 0.3) is 0 Å². The lowest BCUT2D eigenvalue weighted by Gasteiger charge is -2.30. The van der Waals surface area contributed by atoms with Crippen LogP contribution in [-0.4, -0.2) is 5.11 Å². The van der Waals surface area contributed by atoms with Crippen LogP contribution in [0.2, 0.25) is 0 Å². The molecular formula is C12H17NO. The van der Waals surface area contributed by atoms with Crippen LogP contribution in [0.5, 0.6) is 0 Å². The first kappa shape index (κ1) is 9.53. The average Bonchev–Trinajstić information content (AvgIpc) is 1.98. The quantitative estimate of drug-likeness (QED) is 0.705. The van der Waals surface area contributed by atoms with Crippen LogP contribution >= 0.6 is 0 Å². The fourth-order valence-electron chi connectivity index (χ4n) is 2.04. The molecule has 1 saturated carbocycles. The molecule has 1 unspecified atom stereocenters. The third kappa shape index (κ3) is 1.75. The van der Waals surface area contributed by atoms with Gasteiger partial charge >= 0.3 is 0 Å². The first-order chi connectivity index (χ1) is 6.66. The number of nitrogens with two attached hydrogens (primary N) is 1. The van der Waals surface area contributed by atoms with Crippen LogP contribution in [0.4, 0.5) is 5.69 Å². The van der Waals surface area contributed by atoms with Crippen molar-refractivity contribution >= 4 is 5.69 Å². The van der Waals surface area contributed by atoms with Crippen LogP contribution in [0.15, 0.2) is 18.2 Å². The summed E-state index contributed by atoms with van der Waals surface area (Å²) < 4.78 is 0. The Bertz CT molecular complexity index is 311. The van der Waals surface area contributed by atoms with Crippen molar-refractivity contribution in [2.24, 2.45) is 5.92 Å². The summed E-state index contributed by atoms with van der Waals surface area (Å²) in [5.74, 6) is 0.455. The molecule has 0 saturated heterocycles. The zero-order chi connectivity index (χ0) is 10.1. The summed E-state index contributed by atoms with van der Waals surface area (Å²) in [4.78, 5) is 0. The van der Waals surface area contributed by atoms with Crippen molar-refractivity contribution in [3.63, 3.8) is 0 Å². The maximum atomic E-state index is 10.0. The topological polar surface area (TPSA) is 46.2 Å². The van der Waals surface area contributed by atoms with Gasteiger partial charge in [0.1, 0.15) is 0 Å². The Kier molecular flexibility index (Phi) is 2.46. The van der Waals surface area contributed by atoms with E-state index in [2.05, 4.69) is 0 Å². The molecule has 3 N–H and O–H groups in total. The van der Waals surface area contributed by atoms with Crippen LogP contribution in [0, 0.1) is 12.8 Å². The Labute approximate surface area is 84.7 Å². The Balaban J connectivity index is 2.21. The number of hydrogen-bond acceptors (Lipinski definition) is 2. The SMILES string of the molecule is Cc1cc(N)cc(C(O)C2CCC2)c1. The van der Waals surface area contributed by atoms with Crippen molar-refractivity contribution in [2.75, 3.05) is 5.73 Å². The standard InChI is InChI=1S/C12H17NO/c1-8-5-10(7-11(13)6-8)12(14)9-3-2-4-9/h5-7,9,12,14H,2-4,13H2,1H3. The lowest BCUT2D eigenvalue weighted by Crippen LogP contribution is -2.20. The van der Waals surface area contributed by atoms with Crippen molar-refractivity contribution in [3.8, 4) is 0 Å². The van der Waals surface area contributed by atoms with E-state index in [9.17, 15) is 5.11 Å². The van der Waals surface area contributed by atoms with Gasteiger partial charge in [-0.05, 0) is 48.9 Å². The molecule has 0 amide bonds. The van der Waals surface area contributed by atoms with E-state index in [1.165, 1.54) is 6.42 Å². The van der Waals surface area contributed by atoms with Crippen LogP contribution in [0.1, 0.15) is 36.5 Å². The number of aliphatic hydroxyl groups excluding tert-OH is 1. The predicted molar refractivity (Wildman–Crippen MR) is 57.9 cm³/mol. The first-order valence-corrected chi connectivity index (χ1v) is 5.22. The summed E-state index contributed by atoms with van der Waals surface area (Å²) >= 11 is 0. The second kappa shape index (κ2) is 3.62. The van der Waals surface area contributed by atoms with Gasteiger partial charge in [-0.15, -0.1) is 0 Å². The zero-order valence-electron chi connectivity index (χ0n) is 8.53. The molecule has 1 aliphatic rings. The monoisotopic (exact) mass is 191 g/mol. The fourth-order valence-corrected chi connectivity index (χ4v) is 2.04. The summed E-state index contributed by atoms with van der Waals surface area (Å²) in [6, 6.07) is 5.84. The molecule has 76 valence electrons. The minimum atomic E-state index is -0.314. The van der Waals surface area contributed by atoms with Gasteiger partial charge in [0.15, 0.2) is 0 Å². The Morgan fingerprint density at radius 3 is 2.57 bits per heavy atom. The molecule has 0 aromatic heterocycles. The molecule has 2 rings (SSSR count). The van der Waals surface area contributed by atoms with Gasteiger partial charge in [-0.2, -0.15) is 0 Å². The van der Waals surface area contributed by atoms with Gasteiger partial charge in [-0.3, -0.25) is 0 Å². The largest absolute Gasteiger partial charge is 0.399 e. The lowest BCUT2D eigenvalue weighted by atomic mass is 9.78. The number of benzene rings is 1. The predicted octanol–water partition coefficient (Wildman–Crippen LogP) is 2.41. The number of hydrogen-bond donors (Lipinski definition) is 2. The van der Waals surface area contributed by atoms with Crippen molar-refractivity contribution in [3.05, 3.63) is 29.3 Å². The minimum Gasteiger partial charge on any atom is -0.399 e. The first-order valence-electron chi connectivity index (χ1n) is 5.22. The second-order valence-corrected chi connectivity index (χ2v) is 4.31. The molecule has 2 nitrogen and oxygen atoms in total. The van der Waals surface area contributed by atoms with Crippen LogP contribution in [0.25, 0.3) is 0 Å². The van der Waals surface area contributed by atoms with E-state index in [1.54, 1.807) is 0 Å². The number of rotatable bonds is 2. The Morgan fingerprint density at radius 2 is 2.07 bits per heavy atom. The van der Waals surface area contributed by atoms with E-state index in [4.69, 9.17) is 5.73 Å². The Hall–Kier alpha value is -1.02. The van der Waals surface area contributed by atoms with Gasteiger partial charge in [0.2, 0.25) is 0 Å². The fraction of sp³-hybridized carbons (Fsp3) is 0.500. The highest BCUT2D eigenvalue weighted by Crippen LogP contribution is 2.38. The van der Waals surface area contributed by atoms with Gasteiger partial charge in [0.05, 0.1) is 6.10 Å². The maximum Gasteiger partial charge on any atom is 0.0819 e. The molecule has 0 aliphatic heterocycles. The lowest BCUT2D eigenvalue weighted by molar-refractivity contribution is 0.0621. The van der Waals surface area contributed by atoms with Crippen LogP contribution in [0.3, 0.4) is 0 Å². The van der Waals surface area contributed by atoms with E-state index in [0.29, 0.717) is 5.92 Å². The smallest absolute Gasteiger partial charge is 0.0819 e. The highest BCUT2D eigenvalue weighted by atomic mass is 16.3. The van der Waals surface area contributed by atoms with Gasteiger partial charge < -0.3 is 10.8 Å². The number of aryl methyl sites for hydroxylation is 1. The van der Waals surface area contributed by atoms with E-state index >= 15 is 0 Å². The number of nitrogen functional groups attached to an aromatic ring is 1. The van der Waals surface area contributed by atoms with Crippen molar-refractivity contribution in [1.82, 2.24) is 0 Å². The third-order valence-corrected chi connectivity index (χ3v) is 3.06. The second-order valence-electron chi connectivity index (χ2n) is 4.31. The van der Waals surface area contributed by atoms with Crippen molar-refractivity contribution in [2.45, 2.75) is 32.3 Å². The van der Waals surface area contributed by atoms with Crippen LogP contribution in [-0.2, 0) is 0 Å². The molecule has 1 fully saturated rings. The molecule has 0 radical (unpaired) electrons. The molecule has 1 aromatic carbocycles. The number of anilines is 1. The van der Waals surface area contributed by atoms with E-state index in [-0.39, 0.29) is 6.10 Å². The molecule has 1 aliphatic carbocycles.